The van der Waals surface area contributed by atoms with Gasteiger partial charge in [-0.2, -0.15) is 4.98 Å². The molecule has 2 aromatic heterocycles. The summed E-state index contributed by atoms with van der Waals surface area (Å²) in [4.78, 5) is 7.46. The number of sulfone groups is 1. The molecule has 0 unspecified atom stereocenters. The van der Waals surface area contributed by atoms with Gasteiger partial charge in [-0.1, -0.05) is 5.16 Å². The molecule has 0 radical (unpaired) electrons. The SMILES string of the molecule is COCc1noc(-c2ncc(S(=O)(=O)c3ccc(OC(F)(F)F)cc3)cc2N)n1. The van der Waals surface area contributed by atoms with Crippen molar-refractivity contribution in [2.75, 3.05) is 12.8 Å². The third-order valence-corrected chi connectivity index (χ3v) is 5.25. The molecule has 13 heteroatoms. The molecule has 154 valence electrons. The van der Waals surface area contributed by atoms with Gasteiger partial charge in [-0.05, 0) is 30.3 Å². The smallest absolute Gasteiger partial charge is 0.406 e. The number of benzene rings is 1. The Labute approximate surface area is 162 Å². The topological polar surface area (TPSA) is 130 Å². The molecular formula is C16H13F3N4O5S. The summed E-state index contributed by atoms with van der Waals surface area (Å²) in [6, 6.07) is 4.88. The number of nitrogens with two attached hydrogens (primary N) is 1. The van der Waals surface area contributed by atoms with Crippen LogP contribution in [0.4, 0.5) is 18.9 Å². The Bertz CT molecular complexity index is 1110. The lowest BCUT2D eigenvalue weighted by molar-refractivity contribution is -0.274. The van der Waals surface area contributed by atoms with Gasteiger partial charge in [0, 0.05) is 13.3 Å². The number of halogens is 3. The molecule has 0 aliphatic heterocycles. The zero-order valence-corrected chi connectivity index (χ0v) is 15.5. The normalized spacial score (nSPS) is 12.1. The standard InChI is InChI=1S/C16H13F3N4O5S/c1-26-8-13-22-15(28-23-13)14-12(20)6-11(7-21-14)29(24,25)10-4-2-9(3-5-10)27-16(17,18)19/h2-7H,8,20H2,1H3. The number of hydrogen-bond donors (Lipinski definition) is 1. The Hall–Kier alpha value is -3.19. The Morgan fingerprint density at radius 1 is 1.17 bits per heavy atom. The largest absolute Gasteiger partial charge is 0.573 e. The molecule has 2 heterocycles. The zero-order valence-electron chi connectivity index (χ0n) is 14.7. The predicted octanol–water partition coefficient (Wildman–Crippen LogP) is 2.59. The third-order valence-electron chi connectivity index (χ3n) is 3.51. The number of ether oxygens (including phenoxy) is 2. The number of anilines is 1. The van der Waals surface area contributed by atoms with E-state index in [1.165, 1.54) is 7.11 Å². The van der Waals surface area contributed by atoms with Crippen molar-refractivity contribution in [3.8, 4) is 17.3 Å². The molecule has 1 aromatic carbocycles. The first-order valence-corrected chi connectivity index (χ1v) is 9.27. The number of nitrogen functional groups attached to an aromatic ring is 1. The van der Waals surface area contributed by atoms with Crippen LogP contribution in [0, 0.1) is 0 Å². The number of nitrogens with zero attached hydrogens (tertiary/aromatic N) is 3. The summed E-state index contributed by atoms with van der Waals surface area (Å²) < 4.78 is 75.6. The molecule has 3 rings (SSSR count). The Morgan fingerprint density at radius 2 is 1.86 bits per heavy atom. The van der Waals surface area contributed by atoms with E-state index < -0.39 is 21.9 Å². The maximum Gasteiger partial charge on any atom is 0.573 e. The predicted molar refractivity (Wildman–Crippen MR) is 91.2 cm³/mol. The summed E-state index contributed by atoms with van der Waals surface area (Å²) in [5.74, 6) is -0.318. The van der Waals surface area contributed by atoms with Gasteiger partial charge >= 0.3 is 6.36 Å². The van der Waals surface area contributed by atoms with Crippen molar-refractivity contribution in [2.24, 2.45) is 0 Å². The number of rotatable bonds is 6. The Kier molecular flexibility index (Phi) is 5.44. The first kappa shape index (κ1) is 20.5. The van der Waals surface area contributed by atoms with Gasteiger partial charge in [0.15, 0.2) is 11.5 Å². The van der Waals surface area contributed by atoms with Crippen molar-refractivity contribution in [1.29, 1.82) is 0 Å². The highest BCUT2D eigenvalue weighted by molar-refractivity contribution is 7.91. The molecule has 0 saturated carbocycles. The summed E-state index contributed by atoms with van der Waals surface area (Å²) in [5.41, 5.74) is 5.90. The molecular weight excluding hydrogens is 417 g/mol. The molecule has 3 aromatic rings. The van der Waals surface area contributed by atoms with Crippen LogP contribution in [0.5, 0.6) is 5.75 Å². The molecule has 0 bridgehead atoms. The van der Waals surface area contributed by atoms with Crippen LogP contribution in [0.1, 0.15) is 5.82 Å². The van der Waals surface area contributed by atoms with Gasteiger partial charge in [-0.15, -0.1) is 13.2 Å². The molecule has 0 fully saturated rings. The van der Waals surface area contributed by atoms with Gasteiger partial charge in [0.25, 0.3) is 5.89 Å². The van der Waals surface area contributed by atoms with Crippen molar-refractivity contribution in [3.63, 3.8) is 0 Å². The fourth-order valence-electron chi connectivity index (χ4n) is 2.28. The minimum Gasteiger partial charge on any atom is -0.406 e. The lowest BCUT2D eigenvalue weighted by Gasteiger charge is -2.10. The summed E-state index contributed by atoms with van der Waals surface area (Å²) >= 11 is 0. The van der Waals surface area contributed by atoms with Crippen molar-refractivity contribution < 1.29 is 35.6 Å². The maximum atomic E-state index is 12.7. The number of hydrogen-bond acceptors (Lipinski definition) is 9. The van der Waals surface area contributed by atoms with Gasteiger partial charge in [0.2, 0.25) is 9.84 Å². The van der Waals surface area contributed by atoms with Crippen LogP contribution in [0.2, 0.25) is 0 Å². The molecule has 0 amide bonds. The molecule has 29 heavy (non-hydrogen) atoms. The van der Waals surface area contributed by atoms with Crippen molar-refractivity contribution >= 4 is 15.5 Å². The molecule has 0 aliphatic carbocycles. The van der Waals surface area contributed by atoms with Crippen molar-refractivity contribution in [1.82, 2.24) is 15.1 Å². The third kappa shape index (κ3) is 4.63. The Morgan fingerprint density at radius 3 is 2.45 bits per heavy atom. The summed E-state index contributed by atoms with van der Waals surface area (Å²) in [6.45, 7) is 0.101. The van der Waals surface area contributed by atoms with Crippen LogP contribution in [0.25, 0.3) is 11.6 Å². The van der Waals surface area contributed by atoms with E-state index in [1.54, 1.807) is 0 Å². The minimum absolute atomic E-state index is 0.0212. The van der Waals surface area contributed by atoms with Gasteiger partial charge in [0.05, 0.1) is 15.5 Å². The van der Waals surface area contributed by atoms with Crippen LogP contribution < -0.4 is 10.5 Å². The number of aromatic nitrogens is 3. The fourth-order valence-corrected chi connectivity index (χ4v) is 3.52. The average Bonchev–Trinajstić information content (AvgIpc) is 3.09. The van der Waals surface area contributed by atoms with Crippen molar-refractivity contribution in [3.05, 3.63) is 42.4 Å². The number of alkyl halides is 3. The number of pyridine rings is 1. The van der Waals surface area contributed by atoms with Crippen LogP contribution >= 0.6 is 0 Å². The van der Waals surface area contributed by atoms with E-state index in [0.717, 1.165) is 36.5 Å². The minimum atomic E-state index is -4.88. The quantitative estimate of drug-likeness (QED) is 0.627. The van der Waals surface area contributed by atoms with Crippen LogP contribution in [0.15, 0.2) is 50.8 Å². The Balaban J connectivity index is 1.88. The lowest BCUT2D eigenvalue weighted by atomic mass is 10.3. The first-order chi connectivity index (χ1) is 13.6. The highest BCUT2D eigenvalue weighted by Crippen LogP contribution is 2.29. The van der Waals surface area contributed by atoms with E-state index in [9.17, 15) is 21.6 Å². The molecule has 9 nitrogen and oxygen atoms in total. The van der Waals surface area contributed by atoms with E-state index in [2.05, 4.69) is 19.9 Å². The second-order valence-corrected chi connectivity index (χ2v) is 7.53. The summed E-state index contributed by atoms with van der Waals surface area (Å²) in [5, 5.41) is 3.66. The summed E-state index contributed by atoms with van der Waals surface area (Å²) in [6.07, 6.45) is -3.85. The monoisotopic (exact) mass is 430 g/mol. The van der Waals surface area contributed by atoms with Gasteiger partial charge in [0.1, 0.15) is 12.4 Å². The highest BCUT2D eigenvalue weighted by Gasteiger charge is 2.31. The van der Waals surface area contributed by atoms with Gasteiger partial charge in [-0.25, -0.2) is 13.4 Å². The van der Waals surface area contributed by atoms with Crippen LogP contribution in [-0.4, -0.2) is 37.0 Å². The van der Waals surface area contributed by atoms with E-state index in [4.69, 9.17) is 15.0 Å². The van der Waals surface area contributed by atoms with Crippen LogP contribution in [-0.2, 0) is 21.2 Å². The fraction of sp³-hybridized carbons (Fsp3) is 0.188. The molecule has 0 aliphatic rings. The van der Waals surface area contributed by atoms with Crippen LogP contribution in [0.3, 0.4) is 0 Å². The van der Waals surface area contributed by atoms with E-state index in [-0.39, 0.29) is 39.5 Å². The van der Waals surface area contributed by atoms with E-state index >= 15 is 0 Å². The zero-order chi connectivity index (χ0) is 21.2. The lowest BCUT2D eigenvalue weighted by Crippen LogP contribution is -2.17. The maximum absolute atomic E-state index is 12.7. The second-order valence-electron chi connectivity index (χ2n) is 5.58. The molecule has 2 N–H and O–H groups in total. The van der Waals surface area contributed by atoms with E-state index in [0.29, 0.717) is 0 Å². The van der Waals surface area contributed by atoms with Gasteiger partial charge in [-0.3, -0.25) is 0 Å². The highest BCUT2D eigenvalue weighted by atomic mass is 32.2. The molecule has 0 saturated heterocycles. The molecule has 0 atom stereocenters. The van der Waals surface area contributed by atoms with E-state index in [1.807, 2.05) is 0 Å². The molecule has 0 spiro atoms. The summed E-state index contributed by atoms with van der Waals surface area (Å²) in [7, 11) is -2.64. The second kappa shape index (κ2) is 7.67. The average molecular weight is 430 g/mol. The van der Waals surface area contributed by atoms with Gasteiger partial charge < -0.3 is 19.7 Å². The van der Waals surface area contributed by atoms with Crippen molar-refractivity contribution in [2.45, 2.75) is 22.8 Å². The number of methoxy groups -OCH3 is 1. The first-order valence-electron chi connectivity index (χ1n) is 7.78.